The third kappa shape index (κ3) is 1.96. The SMILES string of the molecule is O=C1CCCC(=O)C1=C(O)C1CCCC1. The van der Waals surface area contributed by atoms with Crippen LogP contribution >= 0.6 is 0 Å². The second-order valence-corrected chi connectivity index (χ2v) is 4.44. The standard InChI is InChI=1S/C12H16O3/c13-9-6-3-7-10(14)11(9)12(15)8-4-1-2-5-8/h8,15H,1-7H2. The summed E-state index contributed by atoms with van der Waals surface area (Å²) in [4.78, 5) is 23.1. The van der Waals surface area contributed by atoms with Crippen LogP contribution in [0.1, 0.15) is 44.9 Å². The molecule has 2 aliphatic rings. The number of ketones is 2. The van der Waals surface area contributed by atoms with Crippen molar-refractivity contribution in [1.29, 1.82) is 0 Å². The van der Waals surface area contributed by atoms with E-state index in [1.165, 1.54) is 0 Å². The van der Waals surface area contributed by atoms with E-state index >= 15 is 0 Å². The lowest BCUT2D eigenvalue weighted by Gasteiger charge is -2.16. The number of Topliss-reactive ketones (excluding diaryl/α,β-unsaturated/α-hetero) is 2. The molecule has 2 aliphatic carbocycles. The first kappa shape index (κ1) is 10.4. The largest absolute Gasteiger partial charge is 0.511 e. The maximum absolute atomic E-state index is 11.6. The summed E-state index contributed by atoms with van der Waals surface area (Å²) in [7, 11) is 0. The number of carbonyl (C=O) groups excluding carboxylic acids is 2. The van der Waals surface area contributed by atoms with Gasteiger partial charge in [0.1, 0.15) is 5.76 Å². The van der Waals surface area contributed by atoms with Crippen molar-refractivity contribution in [2.75, 3.05) is 0 Å². The minimum Gasteiger partial charge on any atom is -0.511 e. The van der Waals surface area contributed by atoms with Crippen molar-refractivity contribution in [2.45, 2.75) is 44.9 Å². The van der Waals surface area contributed by atoms with E-state index < -0.39 is 0 Å². The summed E-state index contributed by atoms with van der Waals surface area (Å²) in [5, 5.41) is 9.95. The molecule has 82 valence electrons. The molecular weight excluding hydrogens is 192 g/mol. The van der Waals surface area contributed by atoms with Crippen LogP contribution in [-0.2, 0) is 9.59 Å². The molecule has 0 unspecified atom stereocenters. The third-order valence-electron chi connectivity index (χ3n) is 3.36. The smallest absolute Gasteiger partial charge is 0.169 e. The molecule has 0 radical (unpaired) electrons. The van der Waals surface area contributed by atoms with Gasteiger partial charge in [0.25, 0.3) is 0 Å². The van der Waals surface area contributed by atoms with Gasteiger partial charge in [-0.15, -0.1) is 0 Å². The van der Waals surface area contributed by atoms with Gasteiger partial charge in [-0.3, -0.25) is 9.59 Å². The van der Waals surface area contributed by atoms with Gasteiger partial charge in [-0.05, 0) is 19.3 Å². The molecule has 0 aromatic heterocycles. The lowest BCUT2D eigenvalue weighted by Crippen LogP contribution is -2.22. The summed E-state index contributed by atoms with van der Waals surface area (Å²) < 4.78 is 0. The fourth-order valence-electron chi connectivity index (χ4n) is 2.50. The maximum atomic E-state index is 11.6. The third-order valence-corrected chi connectivity index (χ3v) is 3.36. The van der Waals surface area contributed by atoms with Crippen LogP contribution in [0, 0.1) is 5.92 Å². The van der Waals surface area contributed by atoms with E-state index in [2.05, 4.69) is 0 Å². The van der Waals surface area contributed by atoms with Gasteiger partial charge in [0.2, 0.25) is 0 Å². The highest BCUT2D eigenvalue weighted by molar-refractivity contribution is 6.22. The Kier molecular flexibility index (Phi) is 2.89. The average Bonchev–Trinajstić information content (AvgIpc) is 2.69. The average molecular weight is 208 g/mol. The quantitative estimate of drug-likeness (QED) is 0.408. The van der Waals surface area contributed by atoms with Crippen molar-refractivity contribution in [1.82, 2.24) is 0 Å². The Morgan fingerprint density at radius 3 is 2.07 bits per heavy atom. The lowest BCUT2D eigenvalue weighted by atomic mass is 9.88. The van der Waals surface area contributed by atoms with Crippen LogP contribution in [0.25, 0.3) is 0 Å². The Hall–Kier alpha value is -1.12. The highest BCUT2D eigenvalue weighted by atomic mass is 16.3. The van der Waals surface area contributed by atoms with Gasteiger partial charge in [-0.2, -0.15) is 0 Å². The number of allylic oxidation sites excluding steroid dienone is 2. The molecule has 0 amide bonds. The van der Waals surface area contributed by atoms with Crippen molar-refractivity contribution in [2.24, 2.45) is 5.92 Å². The van der Waals surface area contributed by atoms with E-state index in [4.69, 9.17) is 0 Å². The first-order chi connectivity index (χ1) is 7.20. The van der Waals surface area contributed by atoms with E-state index in [1.54, 1.807) is 0 Å². The molecule has 0 aromatic rings. The van der Waals surface area contributed by atoms with Crippen LogP contribution in [0.5, 0.6) is 0 Å². The van der Waals surface area contributed by atoms with Crippen molar-refractivity contribution in [3.05, 3.63) is 11.3 Å². The minimum atomic E-state index is -0.157. The molecule has 0 atom stereocenters. The van der Waals surface area contributed by atoms with Crippen LogP contribution in [0.3, 0.4) is 0 Å². The van der Waals surface area contributed by atoms with Gasteiger partial charge in [0.15, 0.2) is 11.6 Å². The van der Waals surface area contributed by atoms with Crippen LogP contribution in [-0.4, -0.2) is 16.7 Å². The molecule has 0 heterocycles. The summed E-state index contributed by atoms with van der Waals surface area (Å²) in [5.74, 6) is -0.167. The fraction of sp³-hybridized carbons (Fsp3) is 0.667. The molecule has 0 aliphatic heterocycles. The zero-order valence-corrected chi connectivity index (χ0v) is 8.79. The summed E-state index contributed by atoms with van der Waals surface area (Å²) in [6.45, 7) is 0. The molecule has 0 saturated heterocycles. The summed E-state index contributed by atoms with van der Waals surface area (Å²) in [6, 6.07) is 0. The minimum absolute atomic E-state index is 0.0611. The van der Waals surface area contributed by atoms with Gasteiger partial charge in [-0.25, -0.2) is 0 Å². The van der Waals surface area contributed by atoms with Gasteiger partial charge < -0.3 is 5.11 Å². The highest BCUT2D eigenvalue weighted by Gasteiger charge is 2.31. The maximum Gasteiger partial charge on any atom is 0.169 e. The van der Waals surface area contributed by atoms with Gasteiger partial charge in [-0.1, -0.05) is 12.8 Å². The predicted octanol–water partition coefficient (Wildman–Crippen LogP) is 2.31. The molecule has 2 rings (SSSR count). The van der Waals surface area contributed by atoms with Crippen molar-refractivity contribution < 1.29 is 14.7 Å². The molecule has 0 spiro atoms. The Morgan fingerprint density at radius 1 is 1.00 bits per heavy atom. The second-order valence-electron chi connectivity index (χ2n) is 4.44. The molecule has 3 nitrogen and oxygen atoms in total. The van der Waals surface area contributed by atoms with Crippen molar-refractivity contribution in [3.63, 3.8) is 0 Å². The monoisotopic (exact) mass is 208 g/mol. The number of carbonyl (C=O) groups is 2. The van der Waals surface area contributed by atoms with Crippen LogP contribution < -0.4 is 0 Å². The van der Waals surface area contributed by atoms with Crippen LogP contribution in [0.2, 0.25) is 0 Å². The molecule has 0 bridgehead atoms. The molecule has 0 aromatic carbocycles. The van der Waals surface area contributed by atoms with Gasteiger partial charge >= 0.3 is 0 Å². The second kappa shape index (κ2) is 4.17. The number of aliphatic hydroxyl groups is 1. The number of hydrogen-bond acceptors (Lipinski definition) is 3. The first-order valence-electron chi connectivity index (χ1n) is 5.69. The molecular formula is C12H16O3. The van der Waals surface area contributed by atoms with E-state index in [1.807, 2.05) is 0 Å². The highest BCUT2D eigenvalue weighted by Crippen LogP contribution is 2.33. The Morgan fingerprint density at radius 2 is 1.53 bits per heavy atom. The number of hydrogen-bond donors (Lipinski definition) is 1. The van der Waals surface area contributed by atoms with E-state index in [0.29, 0.717) is 19.3 Å². The molecule has 2 fully saturated rings. The van der Waals surface area contributed by atoms with Crippen molar-refractivity contribution in [3.8, 4) is 0 Å². The molecule has 2 saturated carbocycles. The lowest BCUT2D eigenvalue weighted by molar-refractivity contribution is -0.124. The Bertz CT molecular complexity index is 304. The van der Waals surface area contributed by atoms with E-state index in [-0.39, 0.29) is 28.8 Å². The van der Waals surface area contributed by atoms with Crippen LogP contribution in [0.4, 0.5) is 0 Å². The van der Waals surface area contributed by atoms with E-state index in [0.717, 1.165) is 25.7 Å². The predicted molar refractivity (Wildman–Crippen MR) is 55.5 cm³/mol. The summed E-state index contributed by atoms with van der Waals surface area (Å²) in [6.07, 6.45) is 5.47. The normalized spacial score (nSPS) is 23.6. The number of aliphatic hydroxyl groups excluding tert-OH is 1. The molecule has 15 heavy (non-hydrogen) atoms. The zero-order chi connectivity index (χ0) is 10.8. The number of rotatable bonds is 1. The van der Waals surface area contributed by atoms with Crippen LogP contribution in [0.15, 0.2) is 11.3 Å². The topological polar surface area (TPSA) is 54.4 Å². The summed E-state index contributed by atoms with van der Waals surface area (Å²) >= 11 is 0. The Labute approximate surface area is 89.2 Å². The zero-order valence-electron chi connectivity index (χ0n) is 8.79. The Balaban J connectivity index is 2.27. The molecule has 3 heteroatoms. The first-order valence-corrected chi connectivity index (χ1v) is 5.69. The van der Waals surface area contributed by atoms with Crippen molar-refractivity contribution >= 4 is 11.6 Å². The molecule has 1 N–H and O–H groups in total. The van der Waals surface area contributed by atoms with E-state index in [9.17, 15) is 14.7 Å². The van der Waals surface area contributed by atoms with Gasteiger partial charge in [0.05, 0.1) is 5.57 Å². The fourth-order valence-corrected chi connectivity index (χ4v) is 2.50. The van der Waals surface area contributed by atoms with Gasteiger partial charge in [0, 0.05) is 18.8 Å². The summed E-state index contributed by atoms with van der Waals surface area (Å²) in [5.41, 5.74) is 0.119.